The van der Waals surface area contributed by atoms with Crippen LogP contribution in [0.1, 0.15) is 6.42 Å². The van der Waals surface area contributed by atoms with E-state index in [1.54, 1.807) is 7.05 Å². The molecule has 0 saturated carbocycles. The van der Waals surface area contributed by atoms with Gasteiger partial charge < -0.3 is 9.47 Å². The van der Waals surface area contributed by atoms with Gasteiger partial charge in [0.2, 0.25) is 5.78 Å². The predicted octanol–water partition coefficient (Wildman–Crippen LogP) is 2.99. The number of hydrogen-bond acceptors (Lipinski definition) is 5. The molecule has 0 unspecified atom stereocenters. The van der Waals surface area contributed by atoms with Crippen molar-refractivity contribution in [1.82, 2.24) is 28.0 Å². The van der Waals surface area contributed by atoms with Crippen molar-refractivity contribution in [3.8, 4) is 11.3 Å². The minimum Gasteiger partial charge on any atom is -0.369 e. The molecule has 1 aliphatic heterocycles. The first-order chi connectivity index (χ1) is 18.0. The number of aryl methyl sites for hydroxylation is 2. The Balaban J connectivity index is 0.00000294. The number of benzene rings is 2. The van der Waals surface area contributed by atoms with Crippen LogP contribution in [0.5, 0.6) is 0 Å². The fourth-order valence-corrected chi connectivity index (χ4v) is 5.40. The lowest BCUT2D eigenvalue weighted by molar-refractivity contribution is 0.251. The Morgan fingerprint density at radius 2 is 1.47 bits per heavy atom. The van der Waals surface area contributed by atoms with Crippen molar-refractivity contribution in [3.05, 3.63) is 87.7 Å². The maximum Gasteiger partial charge on any atom is 0.332 e. The van der Waals surface area contributed by atoms with E-state index >= 15 is 0 Å². The molecule has 0 bridgehead atoms. The van der Waals surface area contributed by atoms with Gasteiger partial charge in [-0.3, -0.25) is 23.2 Å². The van der Waals surface area contributed by atoms with E-state index in [4.69, 9.17) is 4.98 Å². The van der Waals surface area contributed by atoms with Crippen molar-refractivity contribution in [1.29, 1.82) is 0 Å². The maximum atomic E-state index is 13.1. The maximum absolute atomic E-state index is 13.1. The highest BCUT2D eigenvalue weighted by Gasteiger charge is 2.21. The summed E-state index contributed by atoms with van der Waals surface area (Å²) in [5.41, 5.74) is 3.49. The Kier molecular flexibility index (Phi) is 7.14. The van der Waals surface area contributed by atoms with E-state index in [0.29, 0.717) is 16.9 Å². The van der Waals surface area contributed by atoms with Crippen LogP contribution >= 0.6 is 12.4 Å². The molecule has 6 rings (SSSR count). The number of hydrogen-bond donors (Lipinski definition) is 0. The van der Waals surface area contributed by atoms with Crippen LogP contribution in [0.15, 0.2) is 76.4 Å². The molecule has 5 aromatic rings. The summed E-state index contributed by atoms with van der Waals surface area (Å²) in [6, 6.07) is 20.8. The second-order valence-corrected chi connectivity index (χ2v) is 9.71. The molecule has 198 valence electrons. The van der Waals surface area contributed by atoms with Crippen molar-refractivity contribution < 1.29 is 0 Å². The monoisotopic (exact) mass is 533 g/mol. The number of rotatable bonds is 6. The molecule has 2 aromatic carbocycles. The molecule has 9 nitrogen and oxygen atoms in total. The van der Waals surface area contributed by atoms with Gasteiger partial charge in [-0.1, -0.05) is 48.5 Å². The summed E-state index contributed by atoms with van der Waals surface area (Å²) in [5, 5.41) is 0. The van der Waals surface area contributed by atoms with Gasteiger partial charge in [-0.25, -0.2) is 4.79 Å². The Morgan fingerprint density at radius 3 is 2.16 bits per heavy atom. The molecular weight excluding hydrogens is 502 g/mol. The lowest BCUT2D eigenvalue weighted by Gasteiger charge is -2.36. The van der Waals surface area contributed by atoms with Gasteiger partial charge in [-0.2, -0.15) is 4.98 Å². The van der Waals surface area contributed by atoms with E-state index < -0.39 is 0 Å². The van der Waals surface area contributed by atoms with E-state index in [1.807, 2.05) is 28.8 Å². The lowest BCUT2D eigenvalue weighted by Crippen LogP contribution is -2.46. The SMILES string of the molecule is Cl.Cn1c(=O)c2c(nc3n(CCCN4CCN(c5ccccc5)CC4)c(-c4ccccc4)cn23)n(C)c1=O. The van der Waals surface area contributed by atoms with Crippen molar-refractivity contribution >= 4 is 35.0 Å². The van der Waals surface area contributed by atoms with Crippen LogP contribution in [0.25, 0.3) is 28.2 Å². The summed E-state index contributed by atoms with van der Waals surface area (Å²) in [6.45, 7) is 5.87. The second kappa shape index (κ2) is 10.5. The standard InChI is InChI=1S/C28H31N7O2.ClH/c1-30-25-24(26(36)31(2)28(30)37)35-20-23(21-10-5-3-6-11-21)34(27(35)29-25)15-9-14-32-16-18-33(19-17-32)22-12-7-4-8-13-22;/h3-8,10-13,20H,9,14-19H2,1-2H3;1H. The average Bonchev–Trinajstić information content (AvgIpc) is 3.49. The lowest BCUT2D eigenvalue weighted by atomic mass is 10.1. The van der Waals surface area contributed by atoms with Crippen molar-refractivity contribution in [2.75, 3.05) is 37.6 Å². The zero-order valence-electron chi connectivity index (χ0n) is 21.7. The molecule has 0 spiro atoms. The van der Waals surface area contributed by atoms with E-state index in [-0.39, 0.29) is 23.7 Å². The number of fused-ring (bicyclic) bond motifs is 3. The zero-order chi connectivity index (χ0) is 25.5. The third kappa shape index (κ3) is 4.41. The highest BCUT2D eigenvalue weighted by Crippen LogP contribution is 2.26. The zero-order valence-corrected chi connectivity index (χ0v) is 22.5. The largest absolute Gasteiger partial charge is 0.369 e. The third-order valence-electron chi connectivity index (χ3n) is 7.48. The molecule has 0 atom stereocenters. The molecule has 1 fully saturated rings. The van der Waals surface area contributed by atoms with Crippen LogP contribution in [-0.4, -0.2) is 60.7 Å². The highest BCUT2D eigenvalue weighted by atomic mass is 35.5. The van der Waals surface area contributed by atoms with Gasteiger partial charge in [-0.05, 0) is 30.7 Å². The van der Waals surface area contributed by atoms with E-state index in [0.717, 1.165) is 61.5 Å². The fraction of sp³-hybridized carbons (Fsp3) is 0.321. The van der Waals surface area contributed by atoms with Crippen molar-refractivity contribution in [3.63, 3.8) is 0 Å². The molecule has 38 heavy (non-hydrogen) atoms. The Labute approximate surface area is 226 Å². The Morgan fingerprint density at radius 1 is 0.816 bits per heavy atom. The van der Waals surface area contributed by atoms with Gasteiger partial charge in [0.1, 0.15) is 0 Å². The highest BCUT2D eigenvalue weighted by molar-refractivity contribution is 5.85. The minimum absolute atomic E-state index is 0. The van der Waals surface area contributed by atoms with Crippen LogP contribution in [0, 0.1) is 0 Å². The summed E-state index contributed by atoms with van der Waals surface area (Å²) in [4.78, 5) is 35.3. The first kappa shape index (κ1) is 25.8. The van der Waals surface area contributed by atoms with Crippen molar-refractivity contribution in [2.45, 2.75) is 13.0 Å². The van der Waals surface area contributed by atoms with Gasteiger partial charge >= 0.3 is 5.69 Å². The van der Waals surface area contributed by atoms with Crippen LogP contribution in [0.2, 0.25) is 0 Å². The molecule has 0 aliphatic carbocycles. The molecule has 1 saturated heterocycles. The number of nitrogens with zero attached hydrogens (tertiary/aromatic N) is 7. The summed E-state index contributed by atoms with van der Waals surface area (Å²) < 4.78 is 6.62. The normalized spacial score (nSPS) is 14.3. The molecule has 0 N–H and O–H groups in total. The molecule has 4 heterocycles. The summed E-state index contributed by atoms with van der Waals surface area (Å²) in [7, 11) is 3.17. The Bertz CT molecular complexity index is 1680. The number of anilines is 1. The summed E-state index contributed by atoms with van der Waals surface area (Å²) in [6.07, 6.45) is 2.93. The topological polar surface area (TPSA) is 72.7 Å². The van der Waals surface area contributed by atoms with Crippen LogP contribution in [-0.2, 0) is 20.6 Å². The fourth-order valence-electron chi connectivity index (χ4n) is 5.40. The number of imidazole rings is 2. The number of halogens is 1. The first-order valence-electron chi connectivity index (χ1n) is 12.8. The van der Waals surface area contributed by atoms with Gasteiger partial charge in [0, 0.05) is 58.7 Å². The van der Waals surface area contributed by atoms with E-state index in [9.17, 15) is 9.59 Å². The number of aromatic nitrogens is 5. The van der Waals surface area contributed by atoms with E-state index in [1.165, 1.54) is 17.3 Å². The molecular formula is C28H32ClN7O2. The van der Waals surface area contributed by atoms with Gasteiger partial charge in [0.15, 0.2) is 11.2 Å². The average molecular weight is 534 g/mol. The summed E-state index contributed by atoms with van der Waals surface area (Å²) in [5.74, 6) is 0.682. The van der Waals surface area contributed by atoms with Crippen molar-refractivity contribution in [2.24, 2.45) is 14.1 Å². The number of piperazine rings is 1. The molecule has 1 aliphatic rings. The molecule has 3 aromatic heterocycles. The van der Waals surface area contributed by atoms with Gasteiger partial charge in [0.05, 0.1) is 5.69 Å². The van der Waals surface area contributed by atoms with Gasteiger partial charge in [0.25, 0.3) is 5.56 Å². The quantitative estimate of drug-likeness (QED) is 0.335. The molecule has 0 amide bonds. The Hall–Kier alpha value is -3.82. The number of para-hydroxylation sites is 1. The predicted molar refractivity (Wildman–Crippen MR) is 154 cm³/mol. The van der Waals surface area contributed by atoms with E-state index in [2.05, 4.69) is 56.8 Å². The smallest absolute Gasteiger partial charge is 0.332 e. The first-order valence-corrected chi connectivity index (χ1v) is 12.8. The molecule has 10 heteroatoms. The minimum atomic E-state index is -0.372. The van der Waals surface area contributed by atoms with Crippen LogP contribution in [0.4, 0.5) is 5.69 Å². The molecule has 0 radical (unpaired) electrons. The summed E-state index contributed by atoms with van der Waals surface area (Å²) >= 11 is 0. The van der Waals surface area contributed by atoms with Gasteiger partial charge in [-0.15, -0.1) is 12.4 Å². The third-order valence-corrected chi connectivity index (χ3v) is 7.48. The van der Waals surface area contributed by atoms with Crippen LogP contribution < -0.4 is 16.1 Å². The second-order valence-electron chi connectivity index (χ2n) is 9.71. The van der Waals surface area contributed by atoms with Crippen LogP contribution in [0.3, 0.4) is 0 Å².